The van der Waals surface area contributed by atoms with Gasteiger partial charge in [0, 0.05) is 22.3 Å². The second-order valence-corrected chi connectivity index (χ2v) is 4.63. The Hall–Kier alpha value is -3.08. The number of carbonyl (C=O) groups is 4. The maximum absolute atomic E-state index is 12.4. The van der Waals surface area contributed by atoms with E-state index in [1.807, 2.05) is 0 Å². The Labute approximate surface area is 118 Å². The van der Waals surface area contributed by atoms with E-state index in [2.05, 4.69) is 0 Å². The number of hydrogen-bond donors (Lipinski definition) is 1. The van der Waals surface area contributed by atoms with Crippen molar-refractivity contribution in [2.75, 3.05) is 0 Å². The Morgan fingerprint density at radius 3 is 2.05 bits per heavy atom. The third kappa shape index (κ3) is 1.95. The van der Waals surface area contributed by atoms with Crippen LogP contribution in [0.3, 0.4) is 0 Å². The van der Waals surface area contributed by atoms with Gasteiger partial charge < -0.3 is 5.11 Å². The zero-order valence-corrected chi connectivity index (χ0v) is 10.6. The summed E-state index contributed by atoms with van der Waals surface area (Å²) in [6, 6.07) is 9.69. The van der Waals surface area contributed by atoms with Crippen LogP contribution in [0.5, 0.6) is 0 Å². The van der Waals surface area contributed by atoms with Crippen molar-refractivity contribution in [1.82, 2.24) is 0 Å². The molecule has 0 aliphatic heterocycles. The summed E-state index contributed by atoms with van der Waals surface area (Å²) in [5, 5.41) is 8.82. The van der Waals surface area contributed by atoms with Gasteiger partial charge in [-0.25, -0.2) is 4.79 Å². The average Bonchev–Trinajstić information content (AvgIpc) is 2.72. The largest absolute Gasteiger partial charge is 0.478 e. The summed E-state index contributed by atoms with van der Waals surface area (Å²) in [5.74, 6) is -2.79. The fraction of sp³-hybridized carbons (Fsp3) is 0. The summed E-state index contributed by atoms with van der Waals surface area (Å²) in [4.78, 5) is 46.4. The highest BCUT2D eigenvalue weighted by Crippen LogP contribution is 2.24. The fourth-order valence-corrected chi connectivity index (χ4v) is 2.24. The van der Waals surface area contributed by atoms with Gasteiger partial charge in [0.25, 0.3) is 0 Å². The zero-order chi connectivity index (χ0) is 15.1. The van der Waals surface area contributed by atoms with Crippen LogP contribution in [-0.2, 0) is 0 Å². The van der Waals surface area contributed by atoms with E-state index < -0.39 is 23.3 Å². The minimum absolute atomic E-state index is 0.0673. The fourth-order valence-electron chi connectivity index (χ4n) is 2.24. The number of Topliss-reactive ketones (excluding diaryl/α,β-unsaturated/α-hetero) is 2. The molecule has 3 rings (SSSR count). The lowest BCUT2D eigenvalue weighted by molar-refractivity contribution is 0.0696. The molecule has 0 radical (unpaired) electrons. The zero-order valence-electron chi connectivity index (χ0n) is 10.6. The molecule has 0 fully saturated rings. The Kier molecular flexibility index (Phi) is 2.76. The first-order valence-corrected chi connectivity index (χ1v) is 6.10. The highest BCUT2D eigenvalue weighted by molar-refractivity contribution is 6.53. The van der Waals surface area contributed by atoms with E-state index in [1.54, 1.807) is 0 Å². The molecule has 0 atom stereocenters. The minimum atomic E-state index is -1.09. The van der Waals surface area contributed by atoms with Gasteiger partial charge in [0.15, 0.2) is 5.78 Å². The average molecular weight is 280 g/mol. The monoisotopic (exact) mass is 280 g/mol. The van der Waals surface area contributed by atoms with Gasteiger partial charge in [-0.3, -0.25) is 14.4 Å². The van der Waals surface area contributed by atoms with Gasteiger partial charge in [0.2, 0.25) is 11.6 Å². The number of carboxylic acid groups (broad SMARTS) is 1. The molecule has 2 aromatic rings. The summed E-state index contributed by atoms with van der Waals surface area (Å²) in [6.45, 7) is 0. The van der Waals surface area contributed by atoms with E-state index in [9.17, 15) is 19.2 Å². The third-order valence-electron chi connectivity index (χ3n) is 3.37. The smallest absolute Gasteiger partial charge is 0.335 e. The molecule has 2 bridgehead atoms. The maximum atomic E-state index is 12.4. The van der Waals surface area contributed by atoms with Crippen LogP contribution in [0, 0.1) is 0 Å². The quantitative estimate of drug-likeness (QED) is 0.686. The summed E-state index contributed by atoms with van der Waals surface area (Å²) >= 11 is 0. The number of rotatable bonds is 3. The molecule has 0 saturated heterocycles. The van der Waals surface area contributed by atoms with Gasteiger partial charge in [0.05, 0.1) is 5.56 Å². The number of aromatic carboxylic acids is 1. The molecule has 1 N–H and O–H groups in total. The van der Waals surface area contributed by atoms with Crippen molar-refractivity contribution < 1.29 is 24.3 Å². The first kappa shape index (κ1) is 12.9. The second-order valence-electron chi connectivity index (χ2n) is 4.63. The predicted molar refractivity (Wildman–Crippen MR) is 71.9 cm³/mol. The first-order valence-electron chi connectivity index (χ1n) is 6.10. The maximum Gasteiger partial charge on any atom is 0.335 e. The lowest BCUT2D eigenvalue weighted by Crippen LogP contribution is -2.10. The predicted octanol–water partition coefficient (Wildman–Crippen LogP) is 1.99. The molecule has 0 heterocycles. The summed E-state index contributed by atoms with van der Waals surface area (Å²) < 4.78 is 0. The molecule has 21 heavy (non-hydrogen) atoms. The Morgan fingerprint density at radius 2 is 1.43 bits per heavy atom. The van der Waals surface area contributed by atoms with Crippen LogP contribution < -0.4 is 0 Å². The SMILES string of the molecule is O=C(O)c1ccc(C(=O)c2ccc3cc2C(=O)C3=O)cc1. The van der Waals surface area contributed by atoms with Gasteiger partial charge in [-0.2, -0.15) is 0 Å². The number of carbonyl (C=O) groups excluding carboxylic acids is 3. The van der Waals surface area contributed by atoms with Crippen molar-refractivity contribution in [2.45, 2.75) is 0 Å². The highest BCUT2D eigenvalue weighted by atomic mass is 16.4. The van der Waals surface area contributed by atoms with Crippen molar-refractivity contribution in [1.29, 1.82) is 0 Å². The number of hydrogen-bond acceptors (Lipinski definition) is 4. The summed E-state index contributed by atoms with van der Waals surface area (Å²) in [5.41, 5.74) is 0.865. The normalized spacial score (nSPS) is 12.6. The van der Waals surface area contributed by atoms with Gasteiger partial charge in [-0.15, -0.1) is 0 Å². The van der Waals surface area contributed by atoms with Crippen LogP contribution in [0.2, 0.25) is 0 Å². The van der Waals surface area contributed by atoms with Crippen LogP contribution in [0.25, 0.3) is 0 Å². The lowest BCUT2D eigenvalue weighted by atomic mass is 9.98. The standard InChI is InChI=1S/C16H8O5/c17-13(8-1-3-9(4-2-8)16(20)21)11-6-5-10-7-12(11)15(19)14(10)18/h1-7H,(H,20,21). The molecule has 102 valence electrons. The Balaban J connectivity index is 2.00. The van der Waals surface area contributed by atoms with E-state index in [4.69, 9.17) is 5.11 Å². The molecular weight excluding hydrogens is 272 g/mol. The van der Waals surface area contributed by atoms with Crippen LogP contribution >= 0.6 is 0 Å². The van der Waals surface area contributed by atoms with Gasteiger partial charge >= 0.3 is 5.97 Å². The second kappa shape index (κ2) is 4.49. The van der Waals surface area contributed by atoms with E-state index in [1.165, 1.54) is 42.5 Å². The van der Waals surface area contributed by atoms with E-state index >= 15 is 0 Å². The molecule has 1 aliphatic carbocycles. The molecule has 0 spiro atoms. The first-order chi connectivity index (χ1) is 9.99. The van der Waals surface area contributed by atoms with Crippen molar-refractivity contribution in [2.24, 2.45) is 0 Å². The summed E-state index contributed by atoms with van der Waals surface area (Å²) in [6.07, 6.45) is 0. The molecule has 1 aliphatic rings. The molecule has 2 aromatic carbocycles. The van der Waals surface area contributed by atoms with Crippen molar-refractivity contribution in [3.05, 3.63) is 70.3 Å². The van der Waals surface area contributed by atoms with E-state index in [0.717, 1.165) is 0 Å². The number of ketones is 3. The van der Waals surface area contributed by atoms with Crippen LogP contribution in [-0.4, -0.2) is 28.4 Å². The number of benzene rings is 2. The summed E-state index contributed by atoms with van der Waals surface area (Å²) in [7, 11) is 0. The molecule has 0 amide bonds. The topological polar surface area (TPSA) is 88.5 Å². The molecule has 0 unspecified atom stereocenters. The van der Waals surface area contributed by atoms with Crippen molar-refractivity contribution in [3.63, 3.8) is 0 Å². The van der Waals surface area contributed by atoms with Gasteiger partial charge in [0.1, 0.15) is 0 Å². The number of fused-ring (bicyclic) bond motifs is 2. The lowest BCUT2D eigenvalue weighted by Gasteiger charge is -2.03. The molecule has 5 nitrogen and oxygen atoms in total. The molecular formula is C16H8O5. The van der Waals surface area contributed by atoms with Gasteiger partial charge in [-0.05, 0) is 24.3 Å². The highest BCUT2D eigenvalue weighted by Gasteiger charge is 2.31. The molecule has 0 aromatic heterocycles. The van der Waals surface area contributed by atoms with Gasteiger partial charge in [-0.1, -0.05) is 18.2 Å². The minimum Gasteiger partial charge on any atom is -0.478 e. The van der Waals surface area contributed by atoms with Crippen LogP contribution in [0.15, 0.2) is 42.5 Å². The Morgan fingerprint density at radius 1 is 0.810 bits per heavy atom. The van der Waals surface area contributed by atoms with E-state index in [-0.39, 0.29) is 27.8 Å². The number of carboxylic acids is 1. The third-order valence-corrected chi connectivity index (χ3v) is 3.37. The van der Waals surface area contributed by atoms with E-state index in [0.29, 0.717) is 0 Å². The molecule has 5 heteroatoms. The van der Waals surface area contributed by atoms with Crippen LogP contribution in [0.4, 0.5) is 0 Å². The Bertz CT molecular complexity index is 815. The van der Waals surface area contributed by atoms with Crippen molar-refractivity contribution in [3.8, 4) is 0 Å². The van der Waals surface area contributed by atoms with Crippen LogP contribution in [0.1, 0.15) is 47.0 Å². The van der Waals surface area contributed by atoms with Crippen molar-refractivity contribution >= 4 is 23.3 Å². The molecule has 0 saturated carbocycles.